The first-order valence-corrected chi connectivity index (χ1v) is 7.85. The Morgan fingerprint density at radius 1 is 1.19 bits per heavy atom. The van der Waals surface area contributed by atoms with Gasteiger partial charge in [0.15, 0.2) is 11.5 Å². The first kappa shape index (κ1) is 16.1. The lowest BCUT2D eigenvalue weighted by atomic mass is 9.91. The second-order valence-corrected chi connectivity index (χ2v) is 5.83. The summed E-state index contributed by atoms with van der Waals surface area (Å²) in [6.45, 7) is 11.3. The molecule has 0 radical (unpaired) electrons. The van der Waals surface area contributed by atoms with Gasteiger partial charge in [-0.15, -0.1) is 0 Å². The fraction of sp³-hybridized carbons (Fsp3) is 0.647. The van der Waals surface area contributed by atoms with Gasteiger partial charge in [-0.2, -0.15) is 0 Å². The van der Waals surface area contributed by atoms with Crippen LogP contribution in [-0.4, -0.2) is 32.0 Å². The summed E-state index contributed by atoms with van der Waals surface area (Å²) in [6.07, 6.45) is 1.09. The minimum Gasteiger partial charge on any atom is -0.486 e. The average Bonchev–Trinajstić information content (AvgIpc) is 2.47. The highest BCUT2D eigenvalue weighted by atomic mass is 16.6. The molecule has 1 N–H and O–H groups in total. The van der Waals surface area contributed by atoms with E-state index >= 15 is 0 Å². The molecule has 1 atom stereocenters. The molecule has 2 rings (SSSR count). The van der Waals surface area contributed by atoms with Gasteiger partial charge in [-0.3, -0.25) is 0 Å². The van der Waals surface area contributed by atoms with Gasteiger partial charge in [0, 0.05) is 6.61 Å². The number of hydrogen-bond acceptors (Lipinski definition) is 4. The van der Waals surface area contributed by atoms with E-state index in [1.165, 1.54) is 5.56 Å². The maximum atomic E-state index is 5.95. The molecule has 4 nitrogen and oxygen atoms in total. The van der Waals surface area contributed by atoms with Crippen LogP contribution in [0, 0.1) is 0 Å². The quantitative estimate of drug-likeness (QED) is 0.837. The summed E-state index contributed by atoms with van der Waals surface area (Å²) in [6, 6.07) is 6.28. The predicted octanol–water partition coefficient (Wildman–Crippen LogP) is 3.31. The van der Waals surface area contributed by atoms with Gasteiger partial charge < -0.3 is 19.5 Å². The van der Waals surface area contributed by atoms with Gasteiger partial charge in [0.25, 0.3) is 0 Å². The number of fused-ring (bicyclic) bond motifs is 1. The molecule has 0 spiro atoms. The smallest absolute Gasteiger partial charge is 0.161 e. The molecule has 118 valence electrons. The van der Waals surface area contributed by atoms with Gasteiger partial charge in [0.2, 0.25) is 0 Å². The van der Waals surface area contributed by atoms with Crippen molar-refractivity contribution in [1.29, 1.82) is 0 Å². The van der Waals surface area contributed by atoms with Gasteiger partial charge in [-0.05, 0) is 51.4 Å². The maximum absolute atomic E-state index is 5.95. The van der Waals surface area contributed by atoms with Crippen LogP contribution in [0.15, 0.2) is 18.2 Å². The molecule has 1 aromatic rings. The molecular weight excluding hydrogens is 266 g/mol. The van der Waals surface area contributed by atoms with Crippen LogP contribution in [0.3, 0.4) is 0 Å². The molecule has 0 saturated heterocycles. The third-order valence-electron chi connectivity index (χ3n) is 3.71. The first-order valence-electron chi connectivity index (χ1n) is 7.85. The zero-order valence-electron chi connectivity index (χ0n) is 13.6. The molecule has 0 amide bonds. The zero-order valence-corrected chi connectivity index (χ0v) is 13.6. The Morgan fingerprint density at radius 2 is 1.90 bits per heavy atom. The van der Waals surface area contributed by atoms with Crippen molar-refractivity contribution >= 4 is 0 Å². The van der Waals surface area contributed by atoms with E-state index in [9.17, 15) is 0 Å². The molecule has 21 heavy (non-hydrogen) atoms. The summed E-state index contributed by atoms with van der Waals surface area (Å²) in [5, 5.41) is 3.60. The van der Waals surface area contributed by atoms with Gasteiger partial charge in [-0.1, -0.05) is 13.0 Å². The van der Waals surface area contributed by atoms with Crippen molar-refractivity contribution in [3.8, 4) is 11.5 Å². The lowest BCUT2D eigenvalue weighted by Crippen LogP contribution is -2.42. The Labute approximate surface area is 127 Å². The lowest BCUT2D eigenvalue weighted by molar-refractivity contribution is -0.0392. The van der Waals surface area contributed by atoms with Gasteiger partial charge in [0.1, 0.15) is 13.2 Å². The van der Waals surface area contributed by atoms with Crippen LogP contribution in [0.2, 0.25) is 0 Å². The molecule has 0 saturated carbocycles. The molecule has 0 bridgehead atoms. The third-order valence-corrected chi connectivity index (χ3v) is 3.71. The highest BCUT2D eigenvalue weighted by Crippen LogP contribution is 2.36. The predicted molar refractivity (Wildman–Crippen MR) is 84.2 cm³/mol. The van der Waals surface area contributed by atoms with E-state index in [0.29, 0.717) is 19.8 Å². The molecule has 1 aliphatic heterocycles. The molecule has 0 fully saturated rings. The topological polar surface area (TPSA) is 39.7 Å². The number of hydrogen-bond donors (Lipinski definition) is 1. The Hall–Kier alpha value is -1.26. The molecule has 1 heterocycles. The van der Waals surface area contributed by atoms with Gasteiger partial charge in [0.05, 0.1) is 11.6 Å². The fourth-order valence-corrected chi connectivity index (χ4v) is 2.75. The van der Waals surface area contributed by atoms with E-state index in [4.69, 9.17) is 14.2 Å². The van der Waals surface area contributed by atoms with Crippen LogP contribution in [0.5, 0.6) is 11.5 Å². The van der Waals surface area contributed by atoms with Crippen LogP contribution in [-0.2, 0) is 4.74 Å². The Balaban J connectivity index is 2.27. The second kappa shape index (κ2) is 7.14. The van der Waals surface area contributed by atoms with Gasteiger partial charge >= 0.3 is 0 Å². The monoisotopic (exact) mass is 293 g/mol. The fourth-order valence-electron chi connectivity index (χ4n) is 2.75. The van der Waals surface area contributed by atoms with Crippen molar-refractivity contribution in [1.82, 2.24) is 5.32 Å². The third kappa shape index (κ3) is 3.89. The standard InChI is InChI=1S/C17H27NO3/c1-5-9-18-16(17(3,4)21-6-2)13-7-8-14-15(12-13)20-11-10-19-14/h7-8,12,16,18H,5-6,9-11H2,1-4H3. The Bertz CT molecular complexity index is 459. The van der Waals surface area contributed by atoms with E-state index < -0.39 is 0 Å². The summed E-state index contributed by atoms with van der Waals surface area (Å²) in [5.41, 5.74) is 0.888. The molecule has 0 aliphatic carbocycles. The largest absolute Gasteiger partial charge is 0.486 e. The summed E-state index contributed by atoms with van der Waals surface area (Å²) in [4.78, 5) is 0. The van der Waals surface area contributed by atoms with Crippen LogP contribution in [0.25, 0.3) is 0 Å². The number of ether oxygens (including phenoxy) is 3. The normalized spacial score (nSPS) is 15.8. The molecule has 1 aromatic carbocycles. The zero-order chi connectivity index (χ0) is 15.3. The minimum atomic E-state index is -0.284. The number of benzene rings is 1. The van der Waals surface area contributed by atoms with Crippen molar-refractivity contribution in [3.63, 3.8) is 0 Å². The van der Waals surface area contributed by atoms with Crippen molar-refractivity contribution in [2.45, 2.75) is 45.8 Å². The van der Waals surface area contributed by atoms with Crippen LogP contribution in [0.4, 0.5) is 0 Å². The van der Waals surface area contributed by atoms with Crippen LogP contribution < -0.4 is 14.8 Å². The molecule has 0 aromatic heterocycles. The Morgan fingerprint density at radius 3 is 2.57 bits per heavy atom. The molecule has 1 unspecified atom stereocenters. The second-order valence-electron chi connectivity index (χ2n) is 5.83. The highest BCUT2D eigenvalue weighted by molar-refractivity contribution is 5.45. The average molecular weight is 293 g/mol. The first-order chi connectivity index (χ1) is 10.1. The van der Waals surface area contributed by atoms with E-state index in [0.717, 1.165) is 24.5 Å². The molecule has 1 aliphatic rings. The van der Waals surface area contributed by atoms with Crippen molar-refractivity contribution in [2.24, 2.45) is 0 Å². The summed E-state index contributed by atoms with van der Waals surface area (Å²) in [5.74, 6) is 1.66. The molecule has 4 heteroatoms. The summed E-state index contributed by atoms with van der Waals surface area (Å²) >= 11 is 0. The van der Waals surface area contributed by atoms with Crippen molar-refractivity contribution in [3.05, 3.63) is 23.8 Å². The van der Waals surface area contributed by atoms with E-state index in [-0.39, 0.29) is 11.6 Å². The lowest BCUT2D eigenvalue weighted by Gasteiger charge is -2.35. The highest BCUT2D eigenvalue weighted by Gasteiger charge is 2.31. The number of rotatable bonds is 7. The SMILES string of the molecule is CCCNC(c1ccc2c(c1)OCCO2)C(C)(C)OCC. The van der Waals surface area contributed by atoms with E-state index in [1.54, 1.807) is 0 Å². The maximum Gasteiger partial charge on any atom is 0.161 e. The van der Waals surface area contributed by atoms with Crippen LogP contribution >= 0.6 is 0 Å². The van der Waals surface area contributed by atoms with Crippen molar-refractivity contribution < 1.29 is 14.2 Å². The summed E-state index contributed by atoms with van der Waals surface area (Å²) < 4.78 is 17.2. The minimum absolute atomic E-state index is 0.119. The number of nitrogens with one attached hydrogen (secondary N) is 1. The van der Waals surface area contributed by atoms with E-state index in [2.05, 4.69) is 38.2 Å². The van der Waals surface area contributed by atoms with Gasteiger partial charge in [-0.25, -0.2) is 0 Å². The Kier molecular flexibility index (Phi) is 5.48. The summed E-state index contributed by atoms with van der Waals surface area (Å²) in [7, 11) is 0. The van der Waals surface area contributed by atoms with E-state index in [1.807, 2.05) is 13.0 Å². The van der Waals surface area contributed by atoms with Crippen LogP contribution in [0.1, 0.15) is 45.7 Å². The van der Waals surface area contributed by atoms with Crippen molar-refractivity contribution in [2.75, 3.05) is 26.4 Å². The molecular formula is C17H27NO3.